The number of nitrogens with zero attached hydrogens (tertiary/aromatic N) is 3. The number of ether oxygens (including phenoxy) is 1. The maximum Gasteiger partial charge on any atom is 0.119 e. The van der Waals surface area contributed by atoms with Crippen LogP contribution in [0.25, 0.3) is 0 Å². The number of rotatable bonds is 5. The summed E-state index contributed by atoms with van der Waals surface area (Å²) >= 11 is 0. The van der Waals surface area contributed by atoms with Gasteiger partial charge in [0.1, 0.15) is 5.75 Å². The first kappa shape index (κ1) is 16.8. The standard InChI is InChI=1S/C20H27N3O/c1-16(17-8-12-21-13-9-17)22(2)18-10-14-23(15-11-18)19-4-6-20(24-3)7-5-19/h4-9,12-13,16,18H,10-11,14-15H2,1-3H3. The fraction of sp³-hybridized carbons (Fsp3) is 0.450. The zero-order valence-electron chi connectivity index (χ0n) is 14.9. The van der Waals surface area contributed by atoms with Crippen molar-refractivity contribution in [3.8, 4) is 5.75 Å². The summed E-state index contributed by atoms with van der Waals surface area (Å²) in [5.74, 6) is 0.916. The summed E-state index contributed by atoms with van der Waals surface area (Å²) < 4.78 is 5.24. The summed E-state index contributed by atoms with van der Waals surface area (Å²) in [4.78, 5) is 9.11. The third kappa shape index (κ3) is 3.70. The molecule has 0 amide bonds. The molecule has 4 heteroatoms. The molecule has 0 radical (unpaired) electrons. The van der Waals surface area contributed by atoms with Crippen molar-refractivity contribution >= 4 is 5.69 Å². The van der Waals surface area contributed by atoms with E-state index in [1.807, 2.05) is 24.5 Å². The first-order chi connectivity index (χ1) is 11.7. The van der Waals surface area contributed by atoms with E-state index >= 15 is 0 Å². The summed E-state index contributed by atoms with van der Waals surface area (Å²) in [6, 6.07) is 13.7. The molecular formula is C20H27N3O. The predicted octanol–water partition coefficient (Wildman–Crippen LogP) is 3.75. The first-order valence-corrected chi connectivity index (χ1v) is 8.70. The number of anilines is 1. The van der Waals surface area contributed by atoms with E-state index in [2.05, 4.69) is 53.0 Å². The van der Waals surface area contributed by atoms with E-state index in [-0.39, 0.29) is 0 Å². The molecule has 24 heavy (non-hydrogen) atoms. The number of hydrogen-bond donors (Lipinski definition) is 0. The summed E-state index contributed by atoms with van der Waals surface area (Å²) in [6.45, 7) is 4.49. The van der Waals surface area contributed by atoms with Crippen LogP contribution in [0.3, 0.4) is 0 Å². The van der Waals surface area contributed by atoms with Crippen LogP contribution in [0, 0.1) is 0 Å². The van der Waals surface area contributed by atoms with E-state index in [4.69, 9.17) is 4.74 Å². The normalized spacial score (nSPS) is 17.1. The number of pyridine rings is 1. The Bertz CT molecular complexity index is 621. The van der Waals surface area contributed by atoms with Gasteiger partial charge in [0, 0.05) is 43.3 Å². The van der Waals surface area contributed by atoms with Crippen molar-refractivity contribution in [1.29, 1.82) is 0 Å². The lowest BCUT2D eigenvalue weighted by atomic mass is 9.99. The van der Waals surface area contributed by atoms with Gasteiger partial charge in [0.15, 0.2) is 0 Å². The second-order valence-corrected chi connectivity index (χ2v) is 6.54. The lowest BCUT2D eigenvalue weighted by Crippen LogP contribution is -2.44. The van der Waals surface area contributed by atoms with Crippen molar-refractivity contribution in [2.45, 2.75) is 31.8 Å². The van der Waals surface area contributed by atoms with Gasteiger partial charge >= 0.3 is 0 Å². The van der Waals surface area contributed by atoms with Crippen molar-refractivity contribution in [2.75, 3.05) is 32.1 Å². The maximum absolute atomic E-state index is 5.24. The molecule has 0 saturated carbocycles. The molecule has 1 unspecified atom stereocenters. The number of benzene rings is 1. The van der Waals surface area contributed by atoms with Crippen LogP contribution in [-0.2, 0) is 0 Å². The van der Waals surface area contributed by atoms with E-state index in [1.165, 1.54) is 24.1 Å². The molecule has 1 aliphatic heterocycles. The molecule has 1 aromatic carbocycles. The quantitative estimate of drug-likeness (QED) is 0.837. The van der Waals surface area contributed by atoms with E-state index < -0.39 is 0 Å². The molecule has 3 rings (SSSR count). The smallest absolute Gasteiger partial charge is 0.119 e. The van der Waals surface area contributed by atoms with Gasteiger partial charge < -0.3 is 9.64 Å². The minimum absolute atomic E-state index is 0.422. The van der Waals surface area contributed by atoms with Gasteiger partial charge in [-0.3, -0.25) is 9.88 Å². The molecule has 4 nitrogen and oxygen atoms in total. The van der Waals surface area contributed by atoms with E-state index in [1.54, 1.807) is 7.11 Å². The van der Waals surface area contributed by atoms with Gasteiger partial charge in [-0.2, -0.15) is 0 Å². The third-order valence-corrected chi connectivity index (χ3v) is 5.28. The van der Waals surface area contributed by atoms with Crippen LogP contribution in [0.5, 0.6) is 5.75 Å². The molecule has 1 aromatic heterocycles. The lowest BCUT2D eigenvalue weighted by Gasteiger charge is -2.40. The van der Waals surface area contributed by atoms with Gasteiger partial charge in [-0.15, -0.1) is 0 Å². The number of piperidine rings is 1. The highest BCUT2D eigenvalue weighted by Crippen LogP contribution is 2.28. The topological polar surface area (TPSA) is 28.6 Å². The molecule has 0 bridgehead atoms. The molecule has 2 aromatic rings. The Morgan fingerprint density at radius 2 is 1.71 bits per heavy atom. The fourth-order valence-electron chi connectivity index (χ4n) is 3.52. The van der Waals surface area contributed by atoms with Gasteiger partial charge in [0.05, 0.1) is 7.11 Å². The Morgan fingerprint density at radius 3 is 2.29 bits per heavy atom. The molecule has 0 aliphatic carbocycles. The Morgan fingerprint density at radius 1 is 1.08 bits per heavy atom. The molecule has 1 saturated heterocycles. The van der Waals surface area contributed by atoms with Crippen LogP contribution >= 0.6 is 0 Å². The molecule has 1 aliphatic rings. The number of hydrogen-bond acceptors (Lipinski definition) is 4. The van der Waals surface area contributed by atoms with Crippen LogP contribution in [0.4, 0.5) is 5.69 Å². The van der Waals surface area contributed by atoms with Gasteiger partial charge in [-0.25, -0.2) is 0 Å². The van der Waals surface area contributed by atoms with Crippen molar-refractivity contribution in [3.05, 3.63) is 54.4 Å². The molecule has 128 valence electrons. The zero-order chi connectivity index (χ0) is 16.9. The highest BCUT2D eigenvalue weighted by atomic mass is 16.5. The molecular weight excluding hydrogens is 298 g/mol. The van der Waals surface area contributed by atoms with Gasteiger partial charge in [-0.1, -0.05) is 0 Å². The highest BCUT2D eigenvalue weighted by Gasteiger charge is 2.25. The van der Waals surface area contributed by atoms with Crippen LogP contribution < -0.4 is 9.64 Å². The minimum Gasteiger partial charge on any atom is -0.497 e. The third-order valence-electron chi connectivity index (χ3n) is 5.28. The minimum atomic E-state index is 0.422. The largest absolute Gasteiger partial charge is 0.497 e. The monoisotopic (exact) mass is 325 g/mol. The Labute approximate surface area is 145 Å². The molecule has 1 fully saturated rings. The van der Waals surface area contributed by atoms with E-state index in [0.29, 0.717) is 12.1 Å². The molecule has 0 N–H and O–H groups in total. The second-order valence-electron chi connectivity index (χ2n) is 6.54. The highest BCUT2D eigenvalue weighted by molar-refractivity contribution is 5.49. The van der Waals surface area contributed by atoms with Crippen LogP contribution in [0.2, 0.25) is 0 Å². The van der Waals surface area contributed by atoms with Crippen LogP contribution in [0.1, 0.15) is 31.4 Å². The van der Waals surface area contributed by atoms with E-state index in [0.717, 1.165) is 18.8 Å². The summed E-state index contributed by atoms with van der Waals surface area (Å²) in [5.41, 5.74) is 2.63. The van der Waals surface area contributed by atoms with Crippen molar-refractivity contribution in [2.24, 2.45) is 0 Å². The summed E-state index contributed by atoms with van der Waals surface area (Å²) in [6.07, 6.45) is 6.15. The maximum atomic E-state index is 5.24. The average Bonchev–Trinajstić information content (AvgIpc) is 2.68. The zero-order valence-corrected chi connectivity index (χ0v) is 14.9. The number of aromatic nitrogens is 1. The van der Waals surface area contributed by atoms with Crippen LogP contribution in [-0.4, -0.2) is 43.2 Å². The van der Waals surface area contributed by atoms with Gasteiger partial charge in [-0.05, 0) is 68.8 Å². The fourth-order valence-corrected chi connectivity index (χ4v) is 3.52. The van der Waals surface area contributed by atoms with Crippen molar-refractivity contribution in [3.63, 3.8) is 0 Å². The van der Waals surface area contributed by atoms with Gasteiger partial charge in [0.2, 0.25) is 0 Å². The summed E-state index contributed by atoms with van der Waals surface area (Å²) in [7, 11) is 3.96. The van der Waals surface area contributed by atoms with Crippen molar-refractivity contribution < 1.29 is 4.74 Å². The summed E-state index contributed by atoms with van der Waals surface area (Å²) in [5, 5.41) is 0. The first-order valence-electron chi connectivity index (χ1n) is 8.70. The predicted molar refractivity (Wildman–Crippen MR) is 98.6 cm³/mol. The Kier molecular flexibility index (Phi) is 5.36. The molecule has 0 spiro atoms. The average molecular weight is 325 g/mol. The van der Waals surface area contributed by atoms with Crippen LogP contribution in [0.15, 0.2) is 48.8 Å². The van der Waals surface area contributed by atoms with E-state index in [9.17, 15) is 0 Å². The number of methoxy groups -OCH3 is 1. The van der Waals surface area contributed by atoms with Crippen molar-refractivity contribution in [1.82, 2.24) is 9.88 Å². The Hall–Kier alpha value is -2.07. The molecule has 1 atom stereocenters. The lowest BCUT2D eigenvalue weighted by molar-refractivity contribution is 0.159. The van der Waals surface area contributed by atoms with Gasteiger partial charge in [0.25, 0.3) is 0 Å². The second kappa shape index (κ2) is 7.67. The SMILES string of the molecule is COc1ccc(N2CCC(N(C)C(C)c3ccncc3)CC2)cc1. The Balaban J connectivity index is 1.58. The molecule has 2 heterocycles.